The van der Waals surface area contributed by atoms with Crippen molar-refractivity contribution in [3.63, 3.8) is 0 Å². The summed E-state index contributed by atoms with van der Waals surface area (Å²) in [6.45, 7) is 0. The van der Waals surface area contributed by atoms with Crippen molar-refractivity contribution in [1.82, 2.24) is 4.98 Å². The zero-order valence-electron chi connectivity index (χ0n) is 10.1. The zero-order chi connectivity index (χ0) is 13.8. The highest BCUT2D eigenvalue weighted by molar-refractivity contribution is 14.1. The van der Waals surface area contributed by atoms with Gasteiger partial charge in [0.05, 0.1) is 22.7 Å². The lowest BCUT2D eigenvalue weighted by atomic mass is 10.3. The maximum Gasteiger partial charge on any atom is 0.276 e. The topological polar surface area (TPSA) is 80.1 Å². The predicted octanol–water partition coefficient (Wildman–Crippen LogP) is 3.38. The molecule has 0 aliphatic heterocycles. The fourth-order valence-corrected chi connectivity index (χ4v) is 2.04. The van der Waals surface area contributed by atoms with Gasteiger partial charge in [-0.25, -0.2) is 4.98 Å². The fourth-order valence-electron chi connectivity index (χ4n) is 1.51. The highest BCUT2D eigenvalue weighted by Crippen LogP contribution is 2.25. The predicted molar refractivity (Wildman–Crippen MR) is 82.9 cm³/mol. The van der Waals surface area contributed by atoms with Gasteiger partial charge in [-0.05, 0) is 34.7 Å². The summed E-state index contributed by atoms with van der Waals surface area (Å²) in [5, 5.41) is 16.7. The normalized spacial score (nSPS) is 10.0. The van der Waals surface area contributed by atoms with Crippen molar-refractivity contribution in [3.05, 3.63) is 50.1 Å². The van der Waals surface area contributed by atoms with Crippen LogP contribution in [-0.2, 0) is 0 Å². The fraction of sp³-hybridized carbons (Fsp3) is 0.0833. The zero-order valence-corrected chi connectivity index (χ0v) is 12.2. The minimum Gasteiger partial charge on any atom is -0.373 e. The summed E-state index contributed by atoms with van der Waals surface area (Å²) in [6, 6.07) is 10.4. The molecule has 0 amide bonds. The lowest BCUT2D eigenvalue weighted by Gasteiger charge is -2.09. The van der Waals surface area contributed by atoms with Crippen molar-refractivity contribution in [1.29, 1.82) is 0 Å². The average Bonchev–Trinajstić information content (AvgIpc) is 2.41. The number of nitrogens with one attached hydrogen (secondary N) is 2. The van der Waals surface area contributed by atoms with Crippen LogP contribution in [0.5, 0.6) is 0 Å². The van der Waals surface area contributed by atoms with Crippen LogP contribution in [0.15, 0.2) is 36.4 Å². The van der Waals surface area contributed by atoms with Gasteiger partial charge in [0.1, 0.15) is 11.6 Å². The number of para-hydroxylation sites is 1. The van der Waals surface area contributed by atoms with E-state index in [-0.39, 0.29) is 5.69 Å². The van der Waals surface area contributed by atoms with Crippen LogP contribution in [0.1, 0.15) is 0 Å². The van der Waals surface area contributed by atoms with Crippen molar-refractivity contribution in [2.75, 3.05) is 17.7 Å². The lowest BCUT2D eigenvalue weighted by molar-refractivity contribution is -0.384. The van der Waals surface area contributed by atoms with E-state index in [9.17, 15) is 10.1 Å². The van der Waals surface area contributed by atoms with E-state index in [4.69, 9.17) is 0 Å². The standard InChI is InChI=1S/C12H11IN4O2/c1-14-11-6-8(17(18)19)7-12(16-11)15-10-5-3-2-4-9(10)13/h2-7H,1H3,(H2,14,15,16). The van der Waals surface area contributed by atoms with Crippen LogP contribution < -0.4 is 10.6 Å². The second kappa shape index (κ2) is 5.83. The van der Waals surface area contributed by atoms with E-state index in [1.807, 2.05) is 24.3 Å². The van der Waals surface area contributed by atoms with Crippen LogP contribution in [0.3, 0.4) is 0 Å². The number of nitrogens with zero attached hydrogens (tertiary/aromatic N) is 2. The Morgan fingerprint density at radius 3 is 2.58 bits per heavy atom. The molecule has 1 aromatic heterocycles. The first-order valence-corrected chi connectivity index (χ1v) is 6.54. The average molecular weight is 370 g/mol. The molecule has 0 saturated heterocycles. The largest absolute Gasteiger partial charge is 0.373 e. The highest BCUT2D eigenvalue weighted by Gasteiger charge is 2.11. The van der Waals surface area contributed by atoms with Crippen molar-refractivity contribution < 1.29 is 4.92 Å². The minimum absolute atomic E-state index is 0.00668. The molecule has 0 saturated carbocycles. The Labute approximate surface area is 123 Å². The number of benzene rings is 1. The molecule has 1 aromatic carbocycles. The number of halogens is 1. The number of anilines is 3. The van der Waals surface area contributed by atoms with Gasteiger partial charge in [0.25, 0.3) is 5.69 Å². The molecule has 2 N–H and O–H groups in total. The van der Waals surface area contributed by atoms with Crippen molar-refractivity contribution in [3.8, 4) is 0 Å². The Balaban J connectivity index is 2.37. The van der Waals surface area contributed by atoms with Gasteiger partial charge >= 0.3 is 0 Å². The lowest BCUT2D eigenvalue weighted by Crippen LogP contribution is -2.01. The molecular weight excluding hydrogens is 359 g/mol. The number of hydrogen-bond donors (Lipinski definition) is 2. The molecular formula is C12H11IN4O2. The maximum absolute atomic E-state index is 10.9. The van der Waals surface area contributed by atoms with E-state index < -0.39 is 4.92 Å². The Morgan fingerprint density at radius 2 is 1.95 bits per heavy atom. The van der Waals surface area contributed by atoms with Crippen LogP contribution in [0.4, 0.5) is 23.0 Å². The summed E-state index contributed by atoms with van der Waals surface area (Å²) in [5.41, 5.74) is 0.853. The Bertz CT molecular complexity index is 618. The first-order chi connectivity index (χ1) is 9.10. The molecule has 0 unspecified atom stereocenters. The molecule has 0 aliphatic rings. The maximum atomic E-state index is 10.9. The molecule has 2 rings (SSSR count). The third-order valence-corrected chi connectivity index (χ3v) is 3.35. The van der Waals surface area contributed by atoms with Crippen LogP contribution in [-0.4, -0.2) is 17.0 Å². The molecule has 0 atom stereocenters. The second-order valence-electron chi connectivity index (χ2n) is 3.71. The minimum atomic E-state index is -0.441. The third-order valence-electron chi connectivity index (χ3n) is 2.41. The van der Waals surface area contributed by atoms with E-state index in [1.54, 1.807) is 7.05 Å². The molecule has 7 heteroatoms. The Morgan fingerprint density at radius 1 is 1.26 bits per heavy atom. The van der Waals surface area contributed by atoms with E-state index in [1.165, 1.54) is 12.1 Å². The molecule has 0 fully saturated rings. The van der Waals surface area contributed by atoms with E-state index in [0.29, 0.717) is 11.6 Å². The van der Waals surface area contributed by atoms with Gasteiger partial charge < -0.3 is 10.6 Å². The number of hydrogen-bond acceptors (Lipinski definition) is 5. The number of rotatable bonds is 4. The van der Waals surface area contributed by atoms with Crippen LogP contribution >= 0.6 is 22.6 Å². The van der Waals surface area contributed by atoms with Crippen LogP contribution in [0, 0.1) is 13.7 Å². The third kappa shape index (κ3) is 3.31. The van der Waals surface area contributed by atoms with Gasteiger partial charge in [-0.3, -0.25) is 10.1 Å². The van der Waals surface area contributed by atoms with E-state index in [0.717, 1.165) is 9.26 Å². The summed E-state index contributed by atoms with van der Waals surface area (Å²) in [6.07, 6.45) is 0. The second-order valence-corrected chi connectivity index (χ2v) is 4.87. The van der Waals surface area contributed by atoms with Gasteiger partial charge in [-0.15, -0.1) is 0 Å². The monoisotopic (exact) mass is 370 g/mol. The number of nitro groups is 1. The van der Waals surface area contributed by atoms with Gasteiger partial charge in [-0.1, -0.05) is 12.1 Å². The van der Waals surface area contributed by atoms with Crippen molar-refractivity contribution in [2.24, 2.45) is 0 Å². The molecule has 1 heterocycles. The van der Waals surface area contributed by atoms with Gasteiger partial charge in [-0.2, -0.15) is 0 Å². The van der Waals surface area contributed by atoms with E-state index >= 15 is 0 Å². The summed E-state index contributed by atoms with van der Waals surface area (Å²) in [5.74, 6) is 0.880. The van der Waals surface area contributed by atoms with Gasteiger partial charge in [0.2, 0.25) is 0 Å². The molecule has 6 nitrogen and oxygen atoms in total. The molecule has 0 spiro atoms. The first-order valence-electron chi connectivity index (χ1n) is 5.46. The van der Waals surface area contributed by atoms with Crippen LogP contribution in [0.2, 0.25) is 0 Å². The molecule has 19 heavy (non-hydrogen) atoms. The summed E-state index contributed by atoms with van der Waals surface area (Å²) >= 11 is 2.19. The molecule has 98 valence electrons. The van der Waals surface area contributed by atoms with Gasteiger partial charge in [0.15, 0.2) is 0 Å². The van der Waals surface area contributed by atoms with E-state index in [2.05, 4.69) is 38.2 Å². The number of aromatic nitrogens is 1. The smallest absolute Gasteiger partial charge is 0.276 e. The van der Waals surface area contributed by atoms with Crippen molar-refractivity contribution in [2.45, 2.75) is 0 Å². The van der Waals surface area contributed by atoms with Crippen LogP contribution in [0.25, 0.3) is 0 Å². The number of pyridine rings is 1. The quantitative estimate of drug-likeness (QED) is 0.490. The van der Waals surface area contributed by atoms with Crippen molar-refractivity contribution >= 4 is 45.6 Å². The first kappa shape index (κ1) is 13.5. The molecule has 0 bridgehead atoms. The molecule has 0 aliphatic carbocycles. The highest BCUT2D eigenvalue weighted by atomic mass is 127. The molecule has 2 aromatic rings. The SMILES string of the molecule is CNc1cc([N+](=O)[O-])cc(Nc2ccccc2I)n1. The summed E-state index contributed by atoms with van der Waals surface area (Å²) in [7, 11) is 1.67. The summed E-state index contributed by atoms with van der Waals surface area (Å²) < 4.78 is 1.01. The van der Waals surface area contributed by atoms with Gasteiger partial charge in [0, 0.05) is 10.6 Å². The Kier molecular flexibility index (Phi) is 4.15. The molecule has 0 radical (unpaired) electrons. The Hall–Kier alpha value is -1.90. The summed E-state index contributed by atoms with van der Waals surface area (Å²) in [4.78, 5) is 14.7.